The minimum absolute atomic E-state index is 0.284. The van der Waals surface area contributed by atoms with Crippen LogP contribution in [0.15, 0.2) is 0 Å². The molecule has 6 heteroatoms. The lowest BCUT2D eigenvalue weighted by Crippen LogP contribution is -2.52. The average molecular weight is 203 g/mol. The molecule has 1 unspecified atom stereocenters. The summed E-state index contributed by atoms with van der Waals surface area (Å²) >= 11 is 0. The van der Waals surface area contributed by atoms with Gasteiger partial charge < -0.3 is 0 Å². The molecule has 0 N–H and O–H groups in total. The summed E-state index contributed by atoms with van der Waals surface area (Å²) in [5.74, 6) is 0. The number of rotatable bonds is 1. The van der Waals surface area contributed by atoms with Crippen LogP contribution in [0.5, 0.6) is 0 Å². The van der Waals surface area contributed by atoms with Crippen LogP contribution in [0.2, 0.25) is 0 Å². The normalized spacial score (nSPS) is 27.0. The lowest BCUT2D eigenvalue weighted by atomic mass is 10.2. The lowest BCUT2D eigenvalue weighted by Gasteiger charge is -2.34. The van der Waals surface area contributed by atoms with E-state index in [0.29, 0.717) is 13.1 Å². The molecule has 0 aromatic rings. The van der Waals surface area contributed by atoms with Gasteiger partial charge in [-0.3, -0.25) is 4.90 Å². The van der Waals surface area contributed by atoms with Crippen molar-refractivity contribution in [1.82, 2.24) is 9.21 Å². The number of hydrogen-bond donors (Lipinski definition) is 0. The molecule has 0 bridgehead atoms. The number of piperazine rings is 1. The molecule has 0 aromatic carbocycles. The topological polar surface area (TPSA) is 64.4 Å². The summed E-state index contributed by atoms with van der Waals surface area (Å²) in [5.41, 5.74) is 0. The maximum absolute atomic E-state index is 11.2. The summed E-state index contributed by atoms with van der Waals surface area (Å²) in [6.07, 6.45) is 1.17. The van der Waals surface area contributed by atoms with Crippen molar-refractivity contribution in [3.63, 3.8) is 0 Å². The largest absolute Gasteiger partial charge is 0.289 e. The Hall–Kier alpha value is -0.640. The van der Waals surface area contributed by atoms with Gasteiger partial charge in [0.2, 0.25) is 10.0 Å². The highest BCUT2D eigenvalue weighted by Gasteiger charge is 2.28. The third kappa shape index (κ3) is 2.40. The summed E-state index contributed by atoms with van der Waals surface area (Å²) in [7, 11) is -1.31. The fourth-order valence-electron chi connectivity index (χ4n) is 1.29. The van der Waals surface area contributed by atoms with Crippen molar-refractivity contribution in [1.29, 1.82) is 5.26 Å². The maximum atomic E-state index is 11.2. The van der Waals surface area contributed by atoms with E-state index in [0.717, 1.165) is 0 Å². The van der Waals surface area contributed by atoms with Crippen molar-refractivity contribution >= 4 is 10.0 Å². The summed E-state index contributed by atoms with van der Waals surface area (Å²) in [5, 5.41) is 8.73. The van der Waals surface area contributed by atoms with Gasteiger partial charge in [-0.1, -0.05) is 0 Å². The molecule has 5 nitrogen and oxygen atoms in total. The molecule has 0 aromatic heterocycles. The molecule has 0 aliphatic carbocycles. The highest BCUT2D eigenvalue weighted by atomic mass is 32.2. The van der Waals surface area contributed by atoms with Gasteiger partial charge in [0, 0.05) is 19.6 Å². The van der Waals surface area contributed by atoms with Crippen LogP contribution in [-0.4, -0.2) is 56.6 Å². The van der Waals surface area contributed by atoms with Crippen molar-refractivity contribution in [2.45, 2.75) is 6.04 Å². The number of sulfonamides is 1. The van der Waals surface area contributed by atoms with Gasteiger partial charge in [-0.25, -0.2) is 8.42 Å². The van der Waals surface area contributed by atoms with Gasteiger partial charge in [-0.15, -0.1) is 0 Å². The third-order valence-electron chi connectivity index (χ3n) is 2.23. The number of hydrogen-bond acceptors (Lipinski definition) is 4. The highest BCUT2D eigenvalue weighted by Crippen LogP contribution is 2.09. The molecular formula is C7H13N3O2S. The monoisotopic (exact) mass is 203 g/mol. The summed E-state index contributed by atoms with van der Waals surface area (Å²) in [4.78, 5) is 1.86. The molecule has 0 amide bonds. The molecule has 74 valence electrons. The molecule has 1 fully saturated rings. The van der Waals surface area contributed by atoms with E-state index in [2.05, 4.69) is 6.07 Å². The average Bonchev–Trinajstić information content (AvgIpc) is 2.03. The van der Waals surface area contributed by atoms with Crippen molar-refractivity contribution in [3.8, 4) is 6.07 Å². The van der Waals surface area contributed by atoms with Gasteiger partial charge in [0.1, 0.15) is 6.04 Å². The van der Waals surface area contributed by atoms with Crippen LogP contribution in [0.4, 0.5) is 0 Å². The minimum atomic E-state index is -3.14. The van der Waals surface area contributed by atoms with Crippen molar-refractivity contribution < 1.29 is 8.42 Å². The van der Waals surface area contributed by atoms with Gasteiger partial charge in [0.15, 0.2) is 0 Å². The van der Waals surface area contributed by atoms with Gasteiger partial charge in [-0.2, -0.15) is 9.57 Å². The second-order valence-electron chi connectivity index (χ2n) is 3.25. The first kappa shape index (κ1) is 10.4. The quantitative estimate of drug-likeness (QED) is 0.553. The van der Waals surface area contributed by atoms with Crippen molar-refractivity contribution in [2.24, 2.45) is 0 Å². The Morgan fingerprint density at radius 3 is 2.54 bits per heavy atom. The number of nitrogens with zero attached hydrogens (tertiary/aromatic N) is 3. The molecule has 0 spiro atoms. The van der Waals surface area contributed by atoms with E-state index in [1.165, 1.54) is 10.6 Å². The van der Waals surface area contributed by atoms with E-state index in [1.807, 2.05) is 11.9 Å². The Morgan fingerprint density at radius 1 is 1.46 bits per heavy atom. The molecule has 1 heterocycles. The zero-order valence-corrected chi connectivity index (χ0v) is 8.58. The zero-order chi connectivity index (χ0) is 10.1. The molecule has 1 atom stereocenters. The molecule has 1 aliphatic heterocycles. The fourth-order valence-corrected chi connectivity index (χ4v) is 2.11. The molecule has 13 heavy (non-hydrogen) atoms. The summed E-state index contributed by atoms with van der Waals surface area (Å²) in [6.45, 7) is 1.38. The van der Waals surface area contributed by atoms with Crippen molar-refractivity contribution in [3.05, 3.63) is 0 Å². The molecular weight excluding hydrogens is 190 g/mol. The Bertz CT molecular complexity index is 319. The van der Waals surface area contributed by atoms with Gasteiger partial charge >= 0.3 is 0 Å². The van der Waals surface area contributed by atoms with Crippen LogP contribution < -0.4 is 0 Å². The Kier molecular flexibility index (Phi) is 2.91. The second-order valence-corrected chi connectivity index (χ2v) is 5.23. The number of likely N-dealkylation sites (N-methyl/N-ethyl adjacent to an activating group) is 1. The fraction of sp³-hybridized carbons (Fsp3) is 0.857. The zero-order valence-electron chi connectivity index (χ0n) is 7.77. The second kappa shape index (κ2) is 3.62. The van der Waals surface area contributed by atoms with Crippen molar-refractivity contribution in [2.75, 3.05) is 32.9 Å². The molecule has 1 rings (SSSR count). The summed E-state index contributed by atoms with van der Waals surface area (Å²) < 4.78 is 23.7. The molecule has 0 radical (unpaired) electrons. The third-order valence-corrected chi connectivity index (χ3v) is 3.50. The van der Waals surface area contributed by atoms with Gasteiger partial charge in [-0.05, 0) is 7.05 Å². The SMILES string of the molecule is CN1CCN(S(C)(=O)=O)CC1C#N. The molecule has 1 saturated heterocycles. The maximum Gasteiger partial charge on any atom is 0.211 e. The van der Waals surface area contributed by atoms with E-state index in [4.69, 9.17) is 5.26 Å². The van der Waals surface area contributed by atoms with Crippen LogP contribution >= 0.6 is 0 Å². The smallest absolute Gasteiger partial charge is 0.211 e. The predicted molar refractivity (Wildman–Crippen MR) is 48.4 cm³/mol. The lowest BCUT2D eigenvalue weighted by molar-refractivity contribution is 0.182. The summed E-state index contributed by atoms with van der Waals surface area (Å²) in [6, 6.07) is 1.76. The number of nitriles is 1. The molecule has 0 saturated carbocycles. The Morgan fingerprint density at radius 2 is 2.08 bits per heavy atom. The van der Waals surface area contributed by atoms with Crippen LogP contribution in [0, 0.1) is 11.3 Å². The van der Waals surface area contributed by atoms with Crippen LogP contribution in [0.3, 0.4) is 0 Å². The van der Waals surface area contributed by atoms with Gasteiger partial charge in [0.05, 0.1) is 12.3 Å². The minimum Gasteiger partial charge on any atom is -0.289 e. The van der Waals surface area contributed by atoms with Crippen LogP contribution in [0.25, 0.3) is 0 Å². The highest BCUT2D eigenvalue weighted by molar-refractivity contribution is 7.88. The first-order valence-corrected chi connectivity index (χ1v) is 5.85. The van der Waals surface area contributed by atoms with E-state index in [-0.39, 0.29) is 12.6 Å². The Labute approximate surface area is 78.6 Å². The Balaban J connectivity index is 2.72. The van der Waals surface area contributed by atoms with E-state index in [1.54, 1.807) is 0 Å². The van der Waals surface area contributed by atoms with E-state index in [9.17, 15) is 8.42 Å². The van der Waals surface area contributed by atoms with Crippen LogP contribution in [0.1, 0.15) is 0 Å². The molecule has 1 aliphatic rings. The van der Waals surface area contributed by atoms with E-state index < -0.39 is 10.0 Å². The van der Waals surface area contributed by atoms with Crippen LogP contribution in [-0.2, 0) is 10.0 Å². The predicted octanol–water partition coefficient (Wildman–Crippen LogP) is -0.914. The first-order valence-electron chi connectivity index (χ1n) is 4.00. The first-order chi connectivity index (χ1) is 5.95. The standard InChI is InChI=1S/C7H13N3O2S/c1-9-3-4-10(13(2,11)12)6-7(9)5-8/h7H,3-4,6H2,1-2H3. The van der Waals surface area contributed by atoms with E-state index >= 15 is 0 Å². The van der Waals surface area contributed by atoms with Gasteiger partial charge in [0.25, 0.3) is 0 Å².